The van der Waals surface area contributed by atoms with Gasteiger partial charge in [-0.2, -0.15) is 0 Å². The number of hydrogen-bond donors (Lipinski definition) is 0. The maximum Gasteiger partial charge on any atom is 0.130 e. The van der Waals surface area contributed by atoms with Crippen molar-refractivity contribution in [3.63, 3.8) is 0 Å². The van der Waals surface area contributed by atoms with Crippen molar-refractivity contribution in [2.75, 3.05) is 0 Å². The molecule has 0 aromatic heterocycles. The second-order valence-electron chi connectivity index (χ2n) is 4.60. The quantitative estimate of drug-likeness (QED) is 0.570. The van der Waals surface area contributed by atoms with Gasteiger partial charge in [0.05, 0.1) is 0 Å². The number of carbonyl (C=O) groups excluding carboxylic acids is 1. The van der Waals surface area contributed by atoms with Gasteiger partial charge in [0.1, 0.15) is 5.78 Å². The highest BCUT2D eigenvalue weighted by atomic mass is 16.1. The Labute approximate surface area is 94.3 Å². The summed E-state index contributed by atoms with van der Waals surface area (Å²) in [6.45, 7) is 12.2. The molecule has 0 aromatic carbocycles. The van der Waals surface area contributed by atoms with Gasteiger partial charge in [-0.3, -0.25) is 0 Å². The molecule has 0 amide bonds. The van der Waals surface area contributed by atoms with E-state index >= 15 is 0 Å². The molecule has 0 saturated heterocycles. The molecule has 0 fully saturated rings. The van der Waals surface area contributed by atoms with E-state index in [0.29, 0.717) is 12.3 Å². The summed E-state index contributed by atoms with van der Waals surface area (Å²) in [7, 11) is 0. The zero-order valence-electron chi connectivity index (χ0n) is 10.6. The van der Waals surface area contributed by atoms with Gasteiger partial charge in [-0.25, -0.2) is 0 Å². The normalized spacial score (nSPS) is 11.9. The molecular formula is C14H24O. The molecule has 0 N–H and O–H groups in total. The van der Waals surface area contributed by atoms with Gasteiger partial charge >= 0.3 is 0 Å². The highest BCUT2D eigenvalue weighted by Crippen LogP contribution is 2.17. The van der Waals surface area contributed by atoms with Crippen molar-refractivity contribution in [2.24, 2.45) is 5.92 Å². The van der Waals surface area contributed by atoms with E-state index in [0.717, 1.165) is 19.3 Å². The van der Waals surface area contributed by atoms with E-state index in [1.807, 2.05) is 0 Å². The Morgan fingerprint density at radius 3 is 2.27 bits per heavy atom. The van der Waals surface area contributed by atoms with Gasteiger partial charge in [-0.15, -0.1) is 0 Å². The van der Waals surface area contributed by atoms with Crippen molar-refractivity contribution in [3.05, 3.63) is 23.8 Å². The van der Waals surface area contributed by atoms with Crippen LogP contribution in [0.2, 0.25) is 0 Å². The molecule has 0 aromatic rings. The van der Waals surface area contributed by atoms with Crippen molar-refractivity contribution < 1.29 is 4.79 Å². The summed E-state index contributed by atoms with van der Waals surface area (Å²) in [6, 6.07) is 0. The van der Waals surface area contributed by atoms with Crippen LogP contribution in [0.3, 0.4) is 0 Å². The minimum Gasteiger partial charge on any atom is -0.300 e. The van der Waals surface area contributed by atoms with Crippen LogP contribution in [0.15, 0.2) is 23.8 Å². The number of hydrogen-bond acceptors (Lipinski definition) is 1. The SMILES string of the molecule is C=C(CCC(C)=CCCC(C)=O)C(C)C. The van der Waals surface area contributed by atoms with Gasteiger partial charge in [-0.1, -0.05) is 37.6 Å². The minimum atomic E-state index is 0.269. The van der Waals surface area contributed by atoms with Gasteiger partial charge in [0, 0.05) is 6.42 Å². The molecule has 1 heteroatoms. The average molecular weight is 208 g/mol. The van der Waals surface area contributed by atoms with Gasteiger partial charge < -0.3 is 4.79 Å². The zero-order valence-corrected chi connectivity index (χ0v) is 10.6. The van der Waals surface area contributed by atoms with Crippen LogP contribution in [-0.4, -0.2) is 5.78 Å². The molecule has 0 aliphatic carbocycles. The second kappa shape index (κ2) is 7.44. The van der Waals surface area contributed by atoms with Crippen molar-refractivity contribution >= 4 is 5.78 Å². The lowest BCUT2D eigenvalue weighted by Crippen LogP contribution is -1.93. The summed E-state index contributed by atoms with van der Waals surface area (Å²) in [4.78, 5) is 10.7. The van der Waals surface area contributed by atoms with Crippen LogP contribution in [0.4, 0.5) is 0 Å². The molecule has 86 valence electrons. The van der Waals surface area contributed by atoms with E-state index < -0.39 is 0 Å². The third-order valence-electron chi connectivity index (χ3n) is 2.65. The third kappa shape index (κ3) is 8.17. The van der Waals surface area contributed by atoms with Crippen molar-refractivity contribution in [1.29, 1.82) is 0 Å². The molecule has 0 atom stereocenters. The first-order chi connectivity index (χ1) is 6.93. The summed E-state index contributed by atoms with van der Waals surface area (Å²) in [5.41, 5.74) is 2.69. The fourth-order valence-corrected chi connectivity index (χ4v) is 1.27. The number of rotatable bonds is 7. The summed E-state index contributed by atoms with van der Waals surface area (Å²) >= 11 is 0. The first-order valence-corrected chi connectivity index (χ1v) is 5.76. The van der Waals surface area contributed by atoms with E-state index in [1.165, 1.54) is 11.1 Å². The molecule has 15 heavy (non-hydrogen) atoms. The predicted molar refractivity (Wildman–Crippen MR) is 66.9 cm³/mol. The number of ketones is 1. The standard InChI is InChI=1S/C14H24O/c1-11(2)13(4)10-9-12(3)7-6-8-14(5)15/h7,11H,4,6,8-10H2,1-3,5H3. The van der Waals surface area contributed by atoms with Crippen LogP contribution in [0.5, 0.6) is 0 Å². The highest BCUT2D eigenvalue weighted by molar-refractivity contribution is 5.75. The maximum absolute atomic E-state index is 10.7. The van der Waals surface area contributed by atoms with E-state index in [2.05, 4.69) is 33.4 Å². The molecule has 0 aliphatic heterocycles. The van der Waals surface area contributed by atoms with Gasteiger partial charge in [0.25, 0.3) is 0 Å². The molecule has 0 aliphatic rings. The Balaban J connectivity index is 3.77. The lowest BCUT2D eigenvalue weighted by atomic mass is 9.97. The molecule has 1 nitrogen and oxygen atoms in total. The number of allylic oxidation sites excluding steroid dienone is 3. The lowest BCUT2D eigenvalue weighted by molar-refractivity contribution is -0.116. The van der Waals surface area contributed by atoms with Crippen LogP contribution in [-0.2, 0) is 4.79 Å². The Kier molecular flexibility index (Phi) is 7.02. The van der Waals surface area contributed by atoms with Crippen molar-refractivity contribution in [3.8, 4) is 0 Å². The van der Waals surface area contributed by atoms with Crippen molar-refractivity contribution in [1.82, 2.24) is 0 Å². The van der Waals surface area contributed by atoms with Crippen LogP contribution in [0, 0.1) is 5.92 Å². The van der Waals surface area contributed by atoms with Crippen LogP contribution in [0.25, 0.3) is 0 Å². The molecule has 0 spiro atoms. The van der Waals surface area contributed by atoms with Gasteiger partial charge in [-0.05, 0) is 39.0 Å². The van der Waals surface area contributed by atoms with E-state index in [1.54, 1.807) is 6.92 Å². The second-order valence-corrected chi connectivity index (χ2v) is 4.60. The lowest BCUT2D eigenvalue weighted by Gasteiger charge is -2.09. The Hall–Kier alpha value is -0.850. The Morgan fingerprint density at radius 2 is 1.80 bits per heavy atom. The largest absolute Gasteiger partial charge is 0.300 e. The van der Waals surface area contributed by atoms with E-state index in [-0.39, 0.29) is 5.78 Å². The summed E-state index contributed by atoms with van der Waals surface area (Å²) in [6.07, 6.45) is 5.88. The topological polar surface area (TPSA) is 17.1 Å². The van der Waals surface area contributed by atoms with Gasteiger partial charge in [0.2, 0.25) is 0 Å². The minimum absolute atomic E-state index is 0.269. The fraction of sp³-hybridized carbons (Fsp3) is 0.643. The molecule has 0 bridgehead atoms. The molecule has 0 radical (unpaired) electrons. The summed E-state index contributed by atoms with van der Waals surface area (Å²) in [5, 5.41) is 0. The smallest absolute Gasteiger partial charge is 0.130 e. The molecule has 0 heterocycles. The summed E-state index contributed by atoms with van der Waals surface area (Å²) < 4.78 is 0. The van der Waals surface area contributed by atoms with Gasteiger partial charge in [0.15, 0.2) is 0 Å². The predicted octanol–water partition coefficient (Wildman–Crippen LogP) is 4.29. The molecular weight excluding hydrogens is 184 g/mol. The van der Waals surface area contributed by atoms with Crippen LogP contribution >= 0.6 is 0 Å². The third-order valence-corrected chi connectivity index (χ3v) is 2.65. The maximum atomic E-state index is 10.7. The average Bonchev–Trinajstić information content (AvgIpc) is 2.13. The Bertz CT molecular complexity index is 246. The molecule has 0 unspecified atom stereocenters. The first-order valence-electron chi connectivity index (χ1n) is 5.76. The highest BCUT2D eigenvalue weighted by Gasteiger charge is 2.00. The van der Waals surface area contributed by atoms with Crippen molar-refractivity contribution in [2.45, 2.75) is 53.4 Å². The van der Waals surface area contributed by atoms with E-state index in [9.17, 15) is 4.79 Å². The van der Waals surface area contributed by atoms with Crippen LogP contribution < -0.4 is 0 Å². The monoisotopic (exact) mass is 208 g/mol. The zero-order chi connectivity index (χ0) is 11.8. The number of carbonyl (C=O) groups is 1. The number of Topliss-reactive ketones (excluding diaryl/α,β-unsaturated/α-hetero) is 1. The van der Waals surface area contributed by atoms with E-state index in [4.69, 9.17) is 0 Å². The molecule has 0 saturated carbocycles. The summed E-state index contributed by atoms with van der Waals surface area (Å²) in [5.74, 6) is 0.848. The Morgan fingerprint density at radius 1 is 1.20 bits per heavy atom. The van der Waals surface area contributed by atoms with Crippen LogP contribution in [0.1, 0.15) is 53.4 Å². The first kappa shape index (κ1) is 14.2. The molecule has 0 rings (SSSR count). The fourth-order valence-electron chi connectivity index (χ4n) is 1.27.